The number of carbonyl (C=O) groups excluding carboxylic acids is 3. The number of anilines is 2. The second kappa shape index (κ2) is 14.7. The highest BCUT2D eigenvalue weighted by atomic mass is 32.2. The molecule has 0 N–H and O–H groups in total. The third-order valence-electron chi connectivity index (χ3n) is 8.72. The molecular weight excluding hydrogens is 685 g/mol. The first kappa shape index (κ1) is 34.5. The van der Waals surface area contributed by atoms with Crippen molar-refractivity contribution in [2.45, 2.75) is 48.2 Å². The van der Waals surface area contributed by atoms with Gasteiger partial charge in [-0.05, 0) is 73.5 Å². The zero-order valence-corrected chi connectivity index (χ0v) is 28.9. The standard InChI is InChI=1S/C40H32N2O9S/c1-24-20-25(2)36-31(21-24)41(30-19-18-29(42(46)47)22-33(30)52-36)37-35(51-40(45)28-16-10-5-11-17-28)34(50-39(44)27-14-8-4-9-15-27)32(49-37)23-48-38(43)26-12-6-3-7-13-26/h3-22,32,34-35,37H,23H2,1-2H3/t32-,34-,35-,37-/m1/s1. The average molecular weight is 717 g/mol. The molecule has 1 saturated heterocycles. The maximum absolute atomic E-state index is 13.8. The van der Waals surface area contributed by atoms with Crippen molar-refractivity contribution in [1.82, 2.24) is 0 Å². The van der Waals surface area contributed by atoms with Crippen LogP contribution in [0.15, 0.2) is 131 Å². The van der Waals surface area contributed by atoms with Crippen molar-refractivity contribution in [3.05, 3.63) is 159 Å². The number of esters is 3. The minimum Gasteiger partial charge on any atom is -0.459 e. The summed E-state index contributed by atoms with van der Waals surface area (Å²) in [5, 5.41) is 11.8. The number of rotatable bonds is 9. The fourth-order valence-electron chi connectivity index (χ4n) is 6.32. The largest absolute Gasteiger partial charge is 0.459 e. The van der Waals surface area contributed by atoms with E-state index in [1.54, 1.807) is 97.1 Å². The summed E-state index contributed by atoms with van der Waals surface area (Å²) in [4.78, 5) is 55.2. The summed E-state index contributed by atoms with van der Waals surface area (Å²) in [5.41, 5.74) is 3.82. The highest BCUT2D eigenvalue weighted by Crippen LogP contribution is 2.53. The van der Waals surface area contributed by atoms with Crippen molar-refractivity contribution in [2.24, 2.45) is 0 Å². The number of benzene rings is 5. The molecule has 2 aliphatic heterocycles. The lowest BCUT2D eigenvalue weighted by molar-refractivity contribution is -0.385. The van der Waals surface area contributed by atoms with Crippen LogP contribution in [0.4, 0.5) is 17.1 Å². The van der Waals surface area contributed by atoms with Gasteiger partial charge in [0.05, 0.1) is 33.0 Å². The summed E-state index contributed by atoms with van der Waals surface area (Å²) in [7, 11) is 0. The van der Waals surface area contributed by atoms with Gasteiger partial charge in [0.2, 0.25) is 0 Å². The van der Waals surface area contributed by atoms with Crippen LogP contribution in [0.5, 0.6) is 0 Å². The quantitative estimate of drug-likeness (QED) is 0.0639. The zero-order chi connectivity index (χ0) is 36.4. The third kappa shape index (κ3) is 6.98. The van der Waals surface area contributed by atoms with E-state index in [1.165, 1.54) is 23.9 Å². The van der Waals surface area contributed by atoms with Crippen LogP contribution < -0.4 is 4.90 Å². The van der Waals surface area contributed by atoms with Crippen LogP contribution in [0.3, 0.4) is 0 Å². The lowest BCUT2D eigenvalue weighted by Crippen LogP contribution is -2.47. The second-order valence-corrected chi connectivity index (χ2v) is 13.4. The molecule has 5 aromatic carbocycles. The molecule has 52 heavy (non-hydrogen) atoms. The van der Waals surface area contributed by atoms with E-state index >= 15 is 0 Å². The van der Waals surface area contributed by atoms with E-state index in [9.17, 15) is 24.5 Å². The molecule has 2 aliphatic rings. The number of nitrogens with zero attached hydrogens (tertiary/aromatic N) is 2. The lowest BCUT2D eigenvalue weighted by Gasteiger charge is -2.39. The number of fused-ring (bicyclic) bond motifs is 2. The second-order valence-electron chi connectivity index (χ2n) is 12.3. The Labute approximate surface area is 303 Å². The molecule has 1 fully saturated rings. The predicted octanol–water partition coefficient (Wildman–Crippen LogP) is 7.85. The van der Waals surface area contributed by atoms with Gasteiger partial charge in [-0.3, -0.25) is 10.1 Å². The maximum Gasteiger partial charge on any atom is 0.338 e. The van der Waals surface area contributed by atoms with Gasteiger partial charge in [-0.25, -0.2) is 14.4 Å². The van der Waals surface area contributed by atoms with E-state index in [4.69, 9.17) is 18.9 Å². The van der Waals surface area contributed by atoms with E-state index < -0.39 is 47.4 Å². The SMILES string of the molecule is Cc1cc(C)c2c(c1)N([C@@H]1O[C@H](COC(=O)c3ccccc3)[C@@H](OC(=O)c3ccccc3)[C@H]1OC(=O)c1ccccc1)c1ccc([N+](=O)[O-])cc1S2. The van der Waals surface area contributed by atoms with Crippen molar-refractivity contribution in [2.75, 3.05) is 11.5 Å². The molecule has 0 bridgehead atoms. The van der Waals surface area contributed by atoms with Crippen molar-refractivity contribution in [3.63, 3.8) is 0 Å². The van der Waals surface area contributed by atoms with E-state index in [1.807, 2.05) is 30.9 Å². The Morgan fingerprint density at radius 1 is 0.731 bits per heavy atom. The molecule has 0 amide bonds. The molecule has 0 unspecified atom stereocenters. The summed E-state index contributed by atoms with van der Waals surface area (Å²) in [6.45, 7) is 3.53. The molecule has 0 radical (unpaired) electrons. The van der Waals surface area contributed by atoms with Crippen LogP contribution in [0.1, 0.15) is 42.2 Å². The van der Waals surface area contributed by atoms with Crippen molar-refractivity contribution < 1.29 is 38.3 Å². The van der Waals surface area contributed by atoms with E-state index in [0.717, 1.165) is 16.0 Å². The van der Waals surface area contributed by atoms with Crippen molar-refractivity contribution in [1.29, 1.82) is 0 Å². The molecule has 0 saturated carbocycles. The summed E-state index contributed by atoms with van der Waals surface area (Å²) in [6, 6.07) is 33.6. The Balaban J connectivity index is 1.35. The molecule has 11 nitrogen and oxygen atoms in total. The van der Waals surface area contributed by atoms with E-state index in [-0.39, 0.29) is 23.4 Å². The average Bonchev–Trinajstić information content (AvgIpc) is 3.48. The van der Waals surface area contributed by atoms with Gasteiger partial charge in [0.1, 0.15) is 12.7 Å². The summed E-state index contributed by atoms with van der Waals surface area (Å²) >= 11 is 1.38. The Bertz CT molecular complexity index is 2150. The summed E-state index contributed by atoms with van der Waals surface area (Å²) in [6.07, 6.45) is -4.80. The molecule has 0 aliphatic carbocycles. The number of non-ortho nitro benzene ring substituents is 1. The van der Waals surface area contributed by atoms with Crippen LogP contribution in [-0.4, -0.2) is 54.0 Å². The third-order valence-corrected chi connectivity index (χ3v) is 10.0. The summed E-state index contributed by atoms with van der Waals surface area (Å²) < 4.78 is 24.8. The first-order valence-electron chi connectivity index (χ1n) is 16.4. The highest BCUT2D eigenvalue weighted by Gasteiger charge is 2.54. The molecule has 2 heterocycles. The number of hydrogen-bond acceptors (Lipinski definition) is 11. The number of carbonyl (C=O) groups is 3. The fraction of sp³-hybridized carbons (Fsp3) is 0.175. The van der Waals surface area contributed by atoms with Crippen molar-refractivity contribution >= 4 is 46.7 Å². The van der Waals surface area contributed by atoms with E-state index in [2.05, 4.69) is 0 Å². The van der Waals surface area contributed by atoms with Gasteiger partial charge >= 0.3 is 17.9 Å². The van der Waals surface area contributed by atoms with Crippen LogP contribution in [0, 0.1) is 24.0 Å². The smallest absolute Gasteiger partial charge is 0.338 e. The lowest BCUT2D eigenvalue weighted by atomic mass is 10.1. The zero-order valence-electron chi connectivity index (χ0n) is 28.0. The number of hydrogen-bond donors (Lipinski definition) is 0. The number of nitro groups is 1. The van der Waals surface area contributed by atoms with Gasteiger partial charge in [0.25, 0.3) is 5.69 Å². The minimum atomic E-state index is -1.28. The predicted molar refractivity (Wildman–Crippen MR) is 192 cm³/mol. The first-order valence-corrected chi connectivity index (χ1v) is 17.3. The van der Waals surface area contributed by atoms with Gasteiger partial charge in [-0.1, -0.05) is 72.4 Å². The van der Waals surface area contributed by atoms with Crippen LogP contribution in [0.2, 0.25) is 0 Å². The molecule has 262 valence electrons. The molecule has 12 heteroatoms. The monoisotopic (exact) mass is 716 g/mol. The van der Waals surface area contributed by atoms with Crippen LogP contribution in [0.25, 0.3) is 0 Å². The topological polar surface area (TPSA) is 135 Å². The molecule has 0 aromatic heterocycles. The van der Waals surface area contributed by atoms with Gasteiger partial charge in [0, 0.05) is 21.9 Å². The van der Waals surface area contributed by atoms with Gasteiger partial charge in [-0.15, -0.1) is 0 Å². The number of ether oxygens (including phenoxy) is 4. The Morgan fingerprint density at radius 2 is 1.29 bits per heavy atom. The maximum atomic E-state index is 13.8. The number of aryl methyl sites for hydroxylation is 2. The normalized spacial score (nSPS) is 18.8. The van der Waals surface area contributed by atoms with Crippen LogP contribution in [-0.2, 0) is 18.9 Å². The Kier molecular flexibility index (Phi) is 9.75. The van der Waals surface area contributed by atoms with Crippen LogP contribution >= 0.6 is 11.8 Å². The highest BCUT2D eigenvalue weighted by molar-refractivity contribution is 7.99. The molecule has 0 spiro atoms. The fourth-order valence-corrected chi connectivity index (χ4v) is 7.47. The first-order chi connectivity index (χ1) is 25.2. The van der Waals surface area contributed by atoms with Crippen molar-refractivity contribution in [3.8, 4) is 0 Å². The molecule has 4 atom stereocenters. The molecule has 5 aromatic rings. The number of nitro benzene ring substituents is 1. The Morgan fingerprint density at radius 3 is 1.87 bits per heavy atom. The molecule has 7 rings (SSSR count). The van der Waals surface area contributed by atoms with Gasteiger partial charge in [-0.2, -0.15) is 0 Å². The Hall–Kier alpha value is -5.98. The van der Waals surface area contributed by atoms with Gasteiger partial charge in [0.15, 0.2) is 18.4 Å². The van der Waals surface area contributed by atoms with Gasteiger partial charge < -0.3 is 23.8 Å². The minimum absolute atomic E-state index is 0.0980. The molecular formula is C40H32N2O9S. The summed E-state index contributed by atoms with van der Waals surface area (Å²) in [5.74, 6) is -2.02. The van der Waals surface area contributed by atoms with E-state index in [0.29, 0.717) is 21.8 Å².